The van der Waals surface area contributed by atoms with Crippen LogP contribution in [0, 0.1) is 0 Å². The van der Waals surface area contributed by atoms with E-state index < -0.39 is 21.3 Å². The minimum absolute atomic E-state index is 0.285. The van der Waals surface area contributed by atoms with Gasteiger partial charge in [-0.25, -0.2) is 13.2 Å². The molecular weight excluding hydrogens is 350 g/mol. The number of rotatable bonds is 3. The summed E-state index contributed by atoms with van der Waals surface area (Å²) in [5.41, 5.74) is -0.326. The first kappa shape index (κ1) is 17.1. The van der Waals surface area contributed by atoms with Crippen LogP contribution in [-0.4, -0.2) is 28.4 Å². The molecule has 2 aromatic rings. The number of hydrogen-bond acceptors (Lipinski definition) is 5. The number of nitrogens with zero attached hydrogens (tertiary/aromatic N) is 3. The highest BCUT2D eigenvalue weighted by Crippen LogP contribution is 2.37. The van der Waals surface area contributed by atoms with Crippen molar-refractivity contribution in [1.82, 2.24) is 13.4 Å². The third-order valence-corrected chi connectivity index (χ3v) is 7.32. The summed E-state index contributed by atoms with van der Waals surface area (Å²) in [6.45, 7) is 2.26. The molecule has 0 aliphatic carbocycles. The molecule has 1 atom stereocenters. The molecule has 2 aromatic heterocycles. The third kappa shape index (κ3) is 2.47. The first-order valence-electron chi connectivity index (χ1n) is 7.63. The van der Waals surface area contributed by atoms with Gasteiger partial charge >= 0.3 is 5.69 Å². The van der Waals surface area contributed by atoms with Gasteiger partial charge in [0, 0.05) is 31.7 Å². The summed E-state index contributed by atoms with van der Waals surface area (Å²) in [6, 6.07) is 1.67. The van der Waals surface area contributed by atoms with E-state index in [1.54, 1.807) is 11.3 Å². The van der Waals surface area contributed by atoms with E-state index in [1.807, 2.05) is 18.4 Å². The van der Waals surface area contributed by atoms with Crippen molar-refractivity contribution in [3.8, 4) is 0 Å². The summed E-state index contributed by atoms with van der Waals surface area (Å²) in [5.74, 6) is 0. The Morgan fingerprint density at radius 3 is 2.67 bits per heavy atom. The molecule has 3 rings (SSSR count). The highest BCUT2D eigenvalue weighted by atomic mass is 32.2. The lowest BCUT2D eigenvalue weighted by Crippen LogP contribution is -2.45. The molecular formula is C15H19N3O4S2. The Hall–Kier alpha value is -1.71. The van der Waals surface area contributed by atoms with Gasteiger partial charge in [0.25, 0.3) is 15.6 Å². The Kier molecular flexibility index (Phi) is 4.27. The number of hydrogen-bond donors (Lipinski definition) is 0. The zero-order valence-corrected chi connectivity index (χ0v) is 15.4. The van der Waals surface area contributed by atoms with Crippen LogP contribution < -0.4 is 11.2 Å². The van der Waals surface area contributed by atoms with Crippen LogP contribution in [0.15, 0.2) is 32.1 Å². The second-order valence-electron chi connectivity index (χ2n) is 5.84. The van der Waals surface area contributed by atoms with Crippen molar-refractivity contribution in [1.29, 1.82) is 0 Å². The Morgan fingerprint density at radius 1 is 1.29 bits per heavy atom. The van der Waals surface area contributed by atoms with Crippen LogP contribution in [0.5, 0.6) is 0 Å². The number of aromatic nitrogens is 2. The molecule has 0 bridgehead atoms. The summed E-state index contributed by atoms with van der Waals surface area (Å²) in [5, 5.41) is 1.97. The maximum atomic E-state index is 13.1. The Balaban J connectivity index is 2.16. The van der Waals surface area contributed by atoms with Crippen molar-refractivity contribution in [3.63, 3.8) is 0 Å². The van der Waals surface area contributed by atoms with Crippen molar-refractivity contribution in [3.05, 3.63) is 48.9 Å². The number of thiophene rings is 1. The van der Waals surface area contributed by atoms with Crippen LogP contribution in [0.4, 0.5) is 0 Å². The highest BCUT2D eigenvalue weighted by Gasteiger charge is 2.37. The van der Waals surface area contributed by atoms with Gasteiger partial charge in [0.1, 0.15) is 0 Å². The monoisotopic (exact) mass is 369 g/mol. The molecule has 0 fully saturated rings. The van der Waals surface area contributed by atoms with Crippen molar-refractivity contribution >= 4 is 21.4 Å². The number of sulfonamides is 1. The molecule has 0 radical (unpaired) electrons. The second-order valence-corrected chi connectivity index (χ2v) is 8.70. The van der Waals surface area contributed by atoms with Crippen molar-refractivity contribution in [2.24, 2.45) is 14.1 Å². The van der Waals surface area contributed by atoms with Crippen LogP contribution in [-0.2, 0) is 30.5 Å². The summed E-state index contributed by atoms with van der Waals surface area (Å²) in [7, 11) is -1.27. The maximum Gasteiger partial charge on any atom is 0.330 e. The van der Waals surface area contributed by atoms with Gasteiger partial charge in [-0.05, 0) is 29.9 Å². The molecule has 1 aliphatic heterocycles. The first-order valence-corrected chi connectivity index (χ1v) is 9.95. The fourth-order valence-corrected chi connectivity index (χ4v) is 5.92. The smallest absolute Gasteiger partial charge is 0.302 e. The first-order chi connectivity index (χ1) is 11.3. The molecule has 9 heteroatoms. The number of aryl methyl sites for hydroxylation is 1. The van der Waals surface area contributed by atoms with Crippen LogP contribution in [0.2, 0.25) is 0 Å². The van der Waals surface area contributed by atoms with Crippen LogP contribution >= 0.6 is 11.3 Å². The van der Waals surface area contributed by atoms with Crippen molar-refractivity contribution in [2.45, 2.75) is 30.7 Å². The van der Waals surface area contributed by atoms with Gasteiger partial charge in [-0.2, -0.15) is 4.31 Å². The van der Waals surface area contributed by atoms with Gasteiger partial charge in [-0.3, -0.25) is 9.36 Å². The van der Waals surface area contributed by atoms with Crippen LogP contribution in [0.25, 0.3) is 0 Å². The maximum absolute atomic E-state index is 13.1. The molecule has 3 heterocycles. The summed E-state index contributed by atoms with van der Waals surface area (Å²) >= 11 is 1.63. The topological polar surface area (TPSA) is 81.4 Å². The molecule has 130 valence electrons. The van der Waals surface area contributed by atoms with Gasteiger partial charge in [-0.1, -0.05) is 6.92 Å². The predicted octanol–water partition coefficient (Wildman–Crippen LogP) is 0.844. The Bertz CT molecular complexity index is 1000. The zero-order chi connectivity index (χ0) is 17.6. The molecule has 0 unspecified atom stereocenters. The molecule has 1 aliphatic rings. The molecule has 0 N–H and O–H groups in total. The fourth-order valence-electron chi connectivity index (χ4n) is 3.16. The molecule has 0 amide bonds. The molecule has 0 saturated carbocycles. The highest BCUT2D eigenvalue weighted by molar-refractivity contribution is 7.89. The Morgan fingerprint density at radius 2 is 2.00 bits per heavy atom. The van der Waals surface area contributed by atoms with E-state index in [-0.39, 0.29) is 10.9 Å². The van der Waals surface area contributed by atoms with E-state index in [9.17, 15) is 18.0 Å². The lowest BCUT2D eigenvalue weighted by Gasteiger charge is -2.34. The fraction of sp³-hybridized carbons (Fsp3) is 0.467. The van der Waals surface area contributed by atoms with E-state index >= 15 is 0 Å². The quantitative estimate of drug-likeness (QED) is 0.803. The number of fused-ring (bicyclic) bond motifs is 1. The van der Waals surface area contributed by atoms with E-state index in [4.69, 9.17) is 0 Å². The van der Waals surface area contributed by atoms with Crippen molar-refractivity contribution < 1.29 is 8.42 Å². The molecule has 24 heavy (non-hydrogen) atoms. The van der Waals surface area contributed by atoms with Gasteiger partial charge in [0.15, 0.2) is 4.90 Å². The minimum atomic E-state index is -3.99. The van der Waals surface area contributed by atoms with Crippen LogP contribution in [0.3, 0.4) is 0 Å². The SMILES string of the molecule is CC[C@@H]1c2ccsc2CCN1S(=O)(=O)c1cn(C)c(=O)n(C)c1=O. The summed E-state index contributed by atoms with van der Waals surface area (Å²) in [6.07, 6.45) is 2.37. The molecule has 0 spiro atoms. The van der Waals surface area contributed by atoms with E-state index in [0.29, 0.717) is 19.4 Å². The summed E-state index contributed by atoms with van der Waals surface area (Å²) < 4.78 is 29.6. The van der Waals surface area contributed by atoms with Gasteiger partial charge in [0.2, 0.25) is 0 Å². The average Bonchev–Trinajstić information content (AvgIpc) is 3.03. The average molecular weight is 369 g/mol. The largest absolute Gasteiger partial charge is 0.330 e. The van der Waals surface area contributed by atoms with Crippen LogP contribution in [0.1, 0.15) is 29.8 Å². The van der Waals surface area contributed by atoms with Gasteiger partial charge in [0.05, 0.1) is 6.04 Å². The Labute approximate surface area is 143 Å². The molecule has 0 aromatic carbocycles. The lowest BCUT2D eigenvalue weighted by molar-refractivity contribution is 0.302. The zero-order valence-electron chi connectivity index (χ0n) is 13.7. The summed E-state index contributed by atoms with van der Waals surface area (Å²) in [4.78, 5) is 25.0. The van der Waals surface area contributed by atoms with E-state index in [2.05, 4.69) is 0 Å². The van der Waals surface area contributed by atoms with Crippen molar-refractivity contribution in [2.75, 3.05) is 6.54 Å². The lowest BCUT2D eigenvalue weighted by atomic mass is 10.0. The second kappa shape index (κ2) is 5.98. The minimum Gasteiger partial charge on any atom is -0.302 e. The third-order valence-electron chi connectivity index (χ3n) is 4.43. The van der Waals surface area contributed by atoms with E-state index in [0.717, 1.165) is 20.9 Å². The van der Waals surface area contributed by atoms with E-state index in [1.165, 1.54) is 23.3 Å². The molecule has 0 saturated heterocycles. The standard InChI is InChI=1S/C15H19N3O4S2/c1-4-11-10-6-8-23-12(10)5-7-18(11)24(21,22)13-9-16(2)15(20)17(3)14(13)19/h6,8-9,11H,4-5,7H2,1-3H3/t11-/m1/s1. The van der Waals surface area contributed by atoms with Gasteiger partial charge < -0.3 is 4.57 Å². The molecule has 7 nitrogen and oxygen atoms in total. The van der Waals surface area contributed by atoms with Gasteiger partial charge in [-0.15, -0.1) is 11.3 Å². The normalized spacial score (nSPS) is 18.5. The predicted molar refractivity (Wildman–Crippen MR) is 91.9 cm³/mol.